The first-order chi connectivity index (χ1) is 8.83. The van der Waals surface area contributed by atoms with E-state index in [4.69, 9.17) is 4.84 Å². The van der Waals surface area contributed by atoms with Crippen LogP contribution < -0.4 is 5.48 Å². The maximum atomic E-state index is 11.5. The van der Waals surface area contributed by atoms with Crippen LogP contribution in [0.5, 0.6) is 0 Å². The normalized spacial score (nSPS) is 16.1. The highest BCUT2D eigenvalue weighted by atomic mass is 16.7. The predicted molar refractivity (Wildman–Crippen MR) is 74.1 cm³/mol. The summed E-state index contributed by atoms with van der Waals surface area (Å²) in [5.74, 6) is 0.0514. The second-order valence-corrected chi connectivity index (χ2v) is 5.42. The molecule has 0 radical (unpaired) electrons. The molecule has 1 saturated carbocycles. The molecule has 0 spiro atoms. The van der Waals surface area contributed by atoms with Crippen molar-refractivity contribution in [1.29, 1.82) is 0 Å². The van der Waals surface area contributed by atoms with Gasteiger partial charge in [-0.1, -0.05) is 58.3 Å². The van der Waals surface area contributed by atoms with Crippen molar-refractivity contribution in [3.8, 4) is 0 Å². The second kappa shape index (κ2) is 10.4. The molecule has 0 aliphatic heterocycles. The fourth-order valence-corrected chi connectivity index (χ4v) is 2.45. The van der Waals surface area contributed by atoms with Crippen molar-refractivity contribution in [2.24, 2.45) is 0 Å². The van der Waals surface area contributed by atoms with Gasteiger partial charge in [0, 0.05) is 6.42 Å². The molecule has 0 saturated heterocycles. The Morgan fingerprint density at radius 3 is 2.33 bits per heavy atom. The zero-order valence-corrected chi connectivity index (χ0v) is 11.9. The van der Waals surface area contributed by atoms with Gasteiger partial charge in [0.2, 0.25) is 5.91 Å². The lowest BCUT2D eigenvalue weighted by atomic mass is 10.1. The Bertz CT molecular complexity index is 213. The van der Waals surface area contributed by atoms with Crippen molar-refractivity contribution >= 4 is 5.91 Å². The predicted octanol–water partition coefficient (Wildman–Crippen LogP) is 4.12. The monoisotopic (exact) mass is 255 g/mol. The number of hydrogen-bond acceptors (Lipinski definition) is 2. The number of carbonyl (C=O) groups is 1. The minimum atomic E-state index is 0.0514. The van der Waals surface area contributed by atoms with E-state index in [1.54, 1.807) is 0 Å². The first-order valence-corrected chi connectivity index (χ1v) is 7.77. The van der Waals surface area contributed by atoms with Crippen LogP contribution in [-0.2, 0) is 9.63 Å². The zero-order chi connectivity index (χ0) is 13.1. The quantitative estimate of drug-likeness (QED) is 0.471. The van der Waals surface area contributed by atoms with Crippen molar-refractivity contribution < 1.29 is 9.63 Å². The number of carbonyl (C=O) groups excluding carboxylic acids is 1. The molecule has 0 aromatic carbocycles. The lowest BCUT2D eigenvalue weighted by molar-refractivity contribution is -0.138. The first kappa shape index (κ1) is 15.5. The maximum Gasteiger partial charge on any atom is 0.243 e. The van der Waals surface area contributed by atoms with E-state index in [0.717, 1.165) is 19.3 Å². The van der Waals surface area contributed by atoms with Gasteiger partial charge in [-0.15, -0.1) is 0 Å². The van der Waals surface area contributed by atoms with Crippen molar-refractivity contribution in [2.75, 3.05) is 0 Å². The summed E-state index contributed by atoms with van der Waals surface area (Å²) in [4.78, 5) is 16.9. The molecule has 1 rings (SSSR count). The molecule has 0 atom stereocenters. The van der Waals surface area contributed by atoms with E-state index in [2.05, 4.69) is 12.4 Å². The Balaban J connectivity index is 1.84. The number of amides is 1. The summed E-state index contributed by atoms with van der Waals surface area (Å²) in [6, 6.07) is 0. The summed E-state index contributed by atoms with van der Waals surface area (Å²) in [6.45, 7) is 2.23. The van der Waals surface area contributed by atoms with E-state index in [-0.39, 0.29) is 12.0 Å². The molecule has 0 bridgehead atoms. The van der Waals surface area contributed by atoms with Crippen LogP contribution in [0.1, 0.15) is 84.0 Å². The van der Waals surface area contributed by atoms with E-state index < -0.39 is 0 Å². The third-order valence-corrected chi connectivity index (χ3v) is 3.65. The van der Waals surface area contributed by atoms with Gasteiger partial charge in [-0.3, -0.25) is 9.63 Å². The Hall–Kier alpha value is -0.570. The molecule has 3 nitrogen and oxygen atoms in total. The summed E-state index contributed by atoms with van der Waals surface area (Å²) >= 11 is 0. The fourth-order valence-electron chi connectivity index (χ4n) is 2.45. The van der Waals surface area contributed by atoms with Crippen LogP contribution in [-0.4, -0.2) is 12.0 Å². The molecule has 0 unspecified atom stereocenters. The molecule has 1 aliphatic rings. The van der Waals surface area contributed by atoms with E-state index in [9.17, 15) is 4.79 Å². The van der Waals surface area contributed by atoms with Gasteiger partial charge in [-0.2, -0.15) is 0 Å². The van der Waals surface area contributed by atoms with Crippen molar-refractivity contribution in [2.45, 2.75) is 90.1 Å². The van der Waals surface area contributed by atoms with E-state index in [1.165, 1.54) is 51.4 Å². The first-order valence-electron chi connectivity index (χ1n) is 7.77. The summed E-state index contributed by atoms with van der Waals surface area (Å²) in [5, 5.41) is 0. The van der Waals surface area contributed by atoms with E-state index >= 15 is 0 Å². The minimum Gasteiger partial charge on any atom is -0.273 e. The van der Waals surface area contributed by atoms with Crippen LogP contribution in [0.3, 0.4) is 0 Å². The van der Waals surface area contributed by atoms with Crippen LogP contribution >= 0.6 is 0 Å². The van der Waals surface area contributed by atoms with E-state index in [1.807, 2.05) is 0 Å². The molecule has 1 amide bonds. The highest BCUT2D eigenvalue weighted by molar-refractivity contribution is 5.74. The molecule has 0 aromatic heterocycles. The molecular formula is C15H29NO2. The van der Waals surface area contributed by atoms with Crippen molar-refractivity contribution in [1.82, 2.24) is 5.48 Å². The lowest BCUT2D eigenvalue weighted by Crippen LogP contribution is -2.27. The summed E-state index contributed by atoms with van der Waals surface area (Å²) in [5.41, 5.74) is 2.60. The Labute approximate surface area is 112 Å². The van der Waals surface area contributed by atoms with Crippen LogP contribution in [0.25, 0.3) is 0 Å². The van der Waals surface area contributed by atoms with Gasteiger partial charge in [0.1, 0.15) is 0 Å². The van der Waals surface area contributed by atoms with Gasteiger partial charge in [0.25, 0.3) is 0 Å². The highest BCUT2D eigenvalue weighted by Gasteiger charge is 2.16. The molecule has 18 heavy (non-hydrogen) atoms. The van der Waals surface area contributed by atoms with Crippen LogP contribution in [0.2, 0.25) is 0 Å². The molecular weight excluding hydrogens is 226 g/mol. The smallest absolute Gasteiger partial charge is 0.243 e. The second-order valence-electron chi connectivity index (χ2n) is 5.42. The minimum absolute atomic E-state index is 0.0514. The third kappa shape index (κ3) is 7.70. The topological polar surface area (TPSA) is 38.3 Å². The molecule has 3 heteroatoms. The Morgan fingerprint density at radius 2 is 1.67 bits per heavy atom. The molecule has 1 N–H and O–H groups in total. The van der Waals surface area contributed by atoms with Crippen molar-refractivity contribution in [3.63, 3.8) is 0 Å². The third-order valence-electron chi connectivity index (χ3n) is 3.65. The molecule has 1 fully saturated rings. The molecule has 1 aliphatic carbocycles. The van der Waals surface area contributed by atoms with Gasteiger partial charge < -0.3 is 0 Å². The number of rotatable bonds is 10. The summed E-state index contributed by atoms with van der Waals surface area (Å²) in [6.07, 6.45) is 14.2. The Morgan fingerprint density at radius 1 is 1.06 bits per heavy atom. The van der Waals surface area contributed by atoms with Gasteiger partial charge >= 0.3 is 0 Å². The van der Waals surface area contributed by atoms with Crippen LogP contribution in [0, 0.1) is 0 Å². The standard InChI is InChI=1S/C15H29NO2/c1-2-3-4-5-6-7-8-13-15(17)16-18-14-11-9-10-12-14/h14H,2-13H2,1H3,(H,16,17). The lowest BCUT2D eigenvalue weighted by Gasteiger charge is -2.11. The van der Waals surface area contributed by atoms with E-state index in [0.29, 0.717) is 6.42 Å². The molecule has 0 aromatic rings. The van der Waals surface area contributed by atoms with Crippen LogP contribution in [0.4, 0.5) is 0 Å². The number of hydrogen-bond donors (Lipinski definition) is 1. The Kier molecular flexibility index (Phi) is 8.92. The van der Waals surface area contributed by atoms with Crippen molar-refractivity contribution in [3.05, 3.63) is 0 Å². The maximum absolute atomic E-state index is 11.5. The fraction of sp³-hybridized carbons (Fsp3) is 0.933. The largest absolute Gasteiger partial charge is 0.273 e. The van der Waals surface area contributed by atoms with Gasteiger partial charge in [0.05, 0.1) is 6.10 Å². The SMILES string of the molecule is CCCCCCCCCC(=O)NOC1CCCC1. The average molecular weight is 255 g/mol. The zero-order valence-electron chi connectivity index (χ0n) is 11.9. The summed E-state index contributed by atoms with van der Waals surface area (Å²) in [7, 11) is 0. The number of hydroxylamine groups is 1. The average Bonchev–Trinajstić information content (AvgIpc) is 2.88. The van der Waals surface area contributed by atoms with Gasteiger partial charge in [0.15, 0.2) is 0 Å². The number of nitrogens with one attached hydrogen (secondary N) is 1. The number of unbranched alkanes of at least 4 members (excludes halogenated alkanes) is 6. The molecule has 106 valence electrons. The van der Waals surface area contributed by atoms with Crippen LogP contribution in [0.15, 0.2) is 0 Å². The van der Waals surface area contributed by atoms with Gasteiger partial charge in [-0.25, -0.2) is 5.48 Å². The molecule has 0 heterocycles. The summed E-state index contributed by atoms with van der Waals surface area (Å²) < 4.78 is 0. The highest BCUT2D eigenvalue weighted by Crippen LogP contribution is 2.19. The van der Waals surface area contributed by atoms with Gasteiger partial charge in [-0.05, 0) is 19.3 Å².